The van der Waals surface area contributed by atoms with Crippen LogP contribution in [0.5, 0.6) is 0 Å². The number of carbonyl (C=O) groups is 3. The maximum atomic E-state index is 13.7. The Kier molecular flexibility index (Phi) is 9.57. The summed E-state index contributed by atoms with van der Waals surface area (Å²) < 4.78 is 35.7. The standard InChI is InChI=1S/C32H37N7O5/c1-4-6-19-44-32(42)37-30(33)22-10-13-24(14-11-22)35-21-28-36-25-20-23(12-15-26(25)38(28)3)31(41)39(18-16-29(40)43-5-2)27-9-7-8-17-34-27/h7-15,17,20,35H,4-6,16,18-19,21H2,1-3H3,(H2,33,37,42)/i3D3. The molecule has 2 aromatic heterocycles. The molecule has 12 heteroatoms. The number of amidine groups is 1. The Hall–Kier alpha value is -5.26. The highest BCUT2D eigenvalue weighted by atomic mass is 16.5. The van der Waals surface area contributed by atoms with Gasteiger partial charge in [0.2, 0.25) is 0 Å². The van der Waals surface area contributed by atoms with Crippen molar-refractivity contribution in [3.05, 3.63) is 83.8 Å². The quantitative estimate of drug-likeness (QED) is 0.0834. The largest absolute Gasteiger partial charge is 0.466 e. The minimum Gasteiger partial charge on any atom is -0.466 e. The lowest BCUT2D eigenvalue weighted by molar-refractivity contribution is -0.142. The zero-order chi connectivity index (χ0) is 34.0. The number of alkyl carbamates (subject to hydrolysis) is 1. The van der Waals surface area contributed by atoms with Crippen molar-refractivity contribution in [3.8, 4) is 0 Å². The summed E-state index contributed by atoms with van der Waals surface area (Å²) >= 11 is 0. The highest BCUT2D eigenvalue weighted by Gasteiger charge is 2.21. The Labute approximate surface area is 260 Å². The van der Waals surface area contributed by atoms with Crippen LogP contribution in [-0.2, 0) is 27.8 Å². The highest BCUT2D eigenvalue weighted by molar-refractivity contribution is 6.07. The third-order valence-corrected chi connectivity index (χ3v) is 6.57. The first kappa shape index (κ1) is 27.6. The first-order valence-electron chi connectivity index (χ1n) is 15.8. The molecule has 0 atom stereocenters. The summed E-state index contributed by atoms with van der Waals surface area (Å²) in [5, 5.41) is 13.7. The molecule has 44 heavy (non-hydrogen) atoms. The van der Waals surface area contributed by atoms with Crippen molar-refractivity contribution in [2.45, 2.75) is 39.7 Å². The van der Waals surface area contributed by atoms with E-state index in [1.54, 1.807) is 55.6 Å². The predicted molar refractivity (Wildman–Crippen MR) is 168 cm³/mol. The number of aryl methyl sites for hydroxylation is 1. The SMILES string of the molecule is [2H]C([2H])([2H])n1c(CNc2ccc(C(=N)NC(=O)OCCCC)cc2)nc2cc(C(=O)N(CCC(=O)OCC)c3ccccn3)ccc21. The van der Waals surface area contributed by atoms with E-state index in [9.17, 15) is 14.4 Å². The molecule has 0 saturated carbocycles. The smallest absolute Gasteiger partial charge is 0.412 e. The Bertz CT molecular complexity index is 1710. The van der Waals surface area contributed by atoms with Crippen molar-refractivity contribution in [1.82, 2.24) is 19.9 Å². The van der Waals surface area contributed by atoms with E-state index in [0.29, 0.717) is 28.1 Å². The molecular formula is C32H37N7O5. The number of esters is 1. The fourth-order valence-corrected chi connectivity index (χ4v) is 4.26. The summed E-state index contributed by atoms with van der Waals surface area (Å²) in [6.07, 6.45) is 2.43. The van der Waals surface area contributed by atoms with Gasteiger partial charge >= 0.3 is 12.1 Å². The molecule has 2 amide bonds. The molecule has 0 radical (unpaired) electrons. The van der Waals surface area contributed by atoms with Crippen LogP contribution < -0.4 is 15.5 Å². The maximum Gasteiger partial charge on any atom is 0.412 e. The molecule has 0 saturated heterocycles. The van der Waals surface area contributed by atoms with Gasteiger partial charge in [-0.1, -0.05) is 19.4 Å². The van der Waals surface area contributed by atoms with Crippen LogP contribution >= 0.6 is 0 Å². The summed E-state index contributed by atoms with van der Waals surface area (Å²) in [5.41, 5.74) is 1.94. The maximum absolute atomic E-state index is 13.7. The van der Waals surface area contributed by atoms with Crippen molar-refractivity contribution in [1.29, 1.82) is 5.41 Å². The van der Waals surface area contributed by atoms with Crippen LogP contribution in [0.2, 0.25) is 0 Å². The van der Waals surface area contributed by atoms with Gasteiger partial charge in [-0.15, -0.1) is 0 Å². The number of amides is 2. The fraction of sp³-hybridized carbons (Fsp3) is 0.312. The first-order chi connectivity index (χ1) is 22.5. The molecule has 2 aromatic carbocycles. The van der Waals surface area contributed by atoms with Crippen LogP contribution in [0, 0.1) is 5.41 Å². The number of pyridine rings is 1. The highest BCUT2D eigenvalue weighted by Crippen LogP contribution is 2.21. The molecule has 2 heterocycles. The summed E-state index contributed by atoms with van der Waals surface area (Å²) in [6.45, 7) is 1.69. The second-order valence-electron chi connectivity index (χ2n) is 9.69. The summed E-state index contributed by atoms with van der Waals surface area (Å²) in [6, 6.07) is 16.3. The number of imidazole rings is 1. The van der Waals surface area contributed by atoms with E-state index in [4.69, 9.17) is 19.0 Å². The van der Waals surface area contributed by atoms with Gasteiger partial charge in [0.1, 0.15) is 17.5 Å². The van der Waals surface area contributed by atoms with E-state index in [2.05, 4.69) is 20.6 Å². The Morgan fingerprint density at radius 2 is 1.84 bits per heavy atom. The van der Waals surface area contributed by atoms with Crippen LogP contribution in [0.3, 0.4) is 0 Å². The van der Waals surface area contributed by atoms with Crippen molar-refractivity contribution < 1.29 is 28.0 Å². The zero-order valence-electron chi connectivity index (χ0n) is 27.6. The van der Waals surface area contributed by atoms with Gasteiger partial charge in [0.25, 0.3) is 5.91 Å². The van der Waals surface area contributed by atoms with Crippen molar-refractivity contribution >= 4 is 46.3 Å². The second-order valence-corrected chi connectivity index (χ2v) is 9.69. The Balaban J connectivity index is 1.52. The third-order valence-electron chi connectivity index (χ3n) is 6.57. The Morgan fingerprint density at radius 3 is 2.55 bits per heavy atom. The fourth-order valence-electron chi connectivity index (χ4n) is 4.26. The monoisotopic (exact) mass is 602 g/mol. The lowest BCUT2D eigenvalue weighted by Gasteiger charge is -2.21. The molecule has 0 fully saturated rings. The number of carbonyl (C=O) groups excluding carboxylic acids is 3. The molecule has 230 valence electrons. The average Bonchev–Trinajstić information content (AvgIpc) is 3.43. The van der Waals surface area contributed by atoms with Crippen LogP contribution in [0.1, 0.15) is 59.0 Å². The predicted octanol–water partition coefficient (Wildman–Crippen LogP) is 5.03. The number of rotatable bonds is 13. The van der Waals surface area contributed by atoms with E-state index in [0.717, 1.165) is 17.4 Å². The number of nitrogens with zero attached hydrogens (tertiary/aromatic N) is 4. The molecular weight excluding hydrogens is 562 g/mol. The lowest BCUT2D eigenvalue weighted by atomic mass is 10.1. The summed E-state index contributed by atoms with van der Waals surface area (Å²) in [7, 11) is 0. The number of ether oxygens (including phenoxy) is 2. The van der Waals surface area contributed by atoms with E-state index in [1.807, 2.05) is 6.92 Å². The first-order valence-corrected chi connectivity index (χ1v) is 14.3. The molecule has 4 rings (SSSR count). The van der Waals surface area contributed by atoms with Crippen molar-refractivity contribution in [2.75, 3.05) is 30.0 Å². The average molecular weight is 603 g/mol. The summed E-state index contributed by atoms with van der Waals surface area (Å²) in [5.74, 6) is -0.440. The van der Waals surface area contributed by atoms with Crippen molar-refractivity contribution in [2.24, 2.45) is 6.98 Å². The molecule has 4 aromatic rings. The van der Waals surface area contributed by atoms with Gasteiger partial charge in [0.05, 0.1) is 37.2 Å². The summed E-state index contributed by atoms with van der Waals surface area (Å²) in [4.78, 5) is 47.8. The van der Waals surface area contributed by atoms with Gasteiger partial charge in [0, 0.05) is 40.6 Å². The third kappa shape index (κ3) is 8.18. The minimum absolute atomic E-state index is 0.0307. The number of anilines is 2. The minimum atomic E-state index is -2.56. The van der Waals surface area contributed by atoms with Gasteiger partial charge in [-0.05, 0) is 67.9 Å². The molecule has 0 bridgehead atoms. The van der Waals surface area contributed by atoms with Gasteiger partial charge in [-0.2, -0.15) is 0 Å². The molecule has 0 spiro atoms. The number of hydrogen-bond acceptors (Lipinski definition) is 9. The van der Waals surface area contributed by atoms with Crippen LogP contribution in [-0.4, -0.2) is 58.1 Å². The number of unbranched alkanes of at least 4 members (excludes halogenated alkanes) is 1. The van der Waals surface area contributed by atoms with E-state index < -0.39 is 24.9 Å². The second kappa shape index (κ2) is 15.3. The molecule has 0 unspecified atom stereocenters. The zero-order valence-corrected chi connectivity index (χ0v) is 24.6. The Morgan fingerprint density at radius 1 is 1.05 bits per heavy atom. The lowest BCUT2D eigenvalue weighted by Crippen LogP contribution is -2.34. The molecule has 0 aliphatic carbocycles. The van der Waals surface area contributed by atoms with E-state index >= 15 is 0 Å². The number of benzene rings is 2. The topological polar surface area (TPSA) is 152 Å². The normalized spacial score (nSPS) is 12.0. The van der Waals surface area contributed by atoms with Crippen LogP contribution in [0.15, 0.2) is 66.9 Å². The van der Waals surface area contributed by atoms with E-state index in [-0.39, 0.29) is 49.9 Å². The number of hydrogen-bond donors (Lipinski definition) is 3. The molecule has 3 N–H and O–H groups in total. The van der Waals surface area contributed by atoms with Gasteiger partial charge in [-0.25, -0.2) is 14.8 Å². The van der Waals surface area contributed by atoms with Crippen molar-refractivity contribution in [3.63, 3.8) is 0 Å². The van der Waals surface area contributed by atoms with E-state index in [1.165, 1.54) is 23.1 Å². The molecule has 0 aliphatic rings. The van der Waals surface area contributed by atoms with Crippen LogP contribution in [0.4, 0.5) is 16.3 Å². The van der Waals surface area contributed by atoms with Gasteiger partial charge in [0.15, 0.2) is 0 Å². The van der Waals surface area contributed by atoms with Crippen LogP contribution in [0.25, 0.3) is 11.0 Å². The van der Waals surface area contributed by atoms with Gasteiger partial charge < -0.3 is 19.4 Å². The number of nitrogens with one attached hydrogen (secondary N) is 3. The van der Waals surface area contributed by atoms with Gasteiger partial charge in [-0.3, -0.25) is 25.2 Å². The molecule has 12 nitrogen and oxygen atoms in total. The number of fused-ring (bicyclic) bond motifs is 1. The number of aromatic nitrogens is 3. The molecule has 0 aliphatic heterocycles.